The Labute approximate surface area is 161 Å². The molecule has 1 fully saturated rings. The molecule has 144 valence electrons. The van der Waals surface area contributed by atoms with Crippen LogP contribution in [0, 0.1) is 6.92 Å². The first-order chi connectivity index (χ1) is 13.0. The van der Waals surface area contributed by atoms with Crippen LogP contribution < -0.4 is 4.90 Å². The standard InChI is InChI=1S/C21H28N4O2/c1-15(2)20-22-16(3)12-19(23-20)24-8-10-25(11-9-24)21(26)18-7-5-6-17(13-18)14-27-4/h5-7,12-13,15H,8-11,14H2,1-4H3. The smallest absolute Gasteiger partial charge is 0.253 e. The lowest BCUT2D eigenvalue weighted by atomic mass is 10.1. The zero-order valence-electron chi connectivity index (χ0n) is 16.6. The molecule has 27 heavy (non-hydrogen) atoms. The van der Waals surface area contributed by atoms with Gasteiger partial charge in [-0.1, -0.05) is 26.0 Å². The first-order valence-corrected chi connectivity index (χ1v) is 9.45. The first kappa shape index (κ1) is 19.3. The number of nitrogens with zero attached hydrogens (tertiary/aromatic N) is 4. The summed E-state index contributed by atoms with van der Waals surface area (Å²) in [5.41, 5.74) is 2.72. The molecule has 0 unspecified atom stereocenters. The van der Waals surface area contributed by atoms with E-state index in [4.69, 9.17) is 9.72 Å². The summed E-state index contributed by atoms with van der Waals surface area (Å²) in [5.74, 6) is 2.21. The van der Waals surface area contributed by atoms with Crippen molar-refractivity contribution in [3.63, 3.8) is 0 Å². The van der Waals surface area contributed by atoms with E-state index in [1.54, 1.807) is 7.11 Å². The Bertz CT molecular complexity index is 799. The van der Waals surface area contributed by atoms with E-state index in [2.05, 4.69) is 23.7 Å². The highest BCUT2D eigenvalue weighted by atomic mass is 16.5. The van der Waals surface area contributed by atoms with Gasteiger partial charge < -0.3 is 14.5 Å². The van der Waals surface area contributed by atoms with Gasteiger partial charge in [-0.25, -0.2) is 9.97 Å². The second-order valence-corrected chi connectivity index (χ2v) is 7.29. The van der Waals surface area contributed by atoms with Crippen LogP contribution in [0.25, 0.3) is 0 Å². The average molecular weight is 368 g/mol. The van der Waals surface area contributed by atoms with E-state index in [0.717, 1.165) is 41.6 Å². The molecule has 1 aliphatic heterocycles. The number of piperazine rings is 1. The molecule has 1 saturated heterocycles. The maximum absolute atomic E-state index is 12.8. The van der Waals surface area contributed by atoms with Crippen LogP contribution in [-0.2, 0) is 11.3 Å². The molecule has 0 radical (unpaired) electrons. The molecule has 1 amide bonds. The van der Waals surface area contributed by atoms with Crippen molar-refractivity contribution < 1.29 is 9.53 Å². The Kier molecular flexibility index (Phi) is 6.06. The van der Waals surface area contributed by atoms with Crippen LogP contribution in [0.3, 0.4) is 0 Å². The molecule has 1 aromatic heterocycles. The van der Waals surface area contributed by atoms with E-state index in [1.807, 2.05) is 42.2 Å². The van der Waals surface area contributed by atoms with E-state index in [-0.39, 0.29) is 5.91 Å². The van der Waals surface area contributed by atoms with Crippen LogP contribution in [0.2, 0.25) is 0 Å². The molecule has 0 N–H and O–H groups in total. The molecule has 0 aliphatic carbocycles. The summed E-state index contributed by atoms with van der Waals surface area (Å²) in [4.78, 5) is 26.2. The molecular weight excluding hydrogens is 340 g/mol. The zero-order valence-corrected chi connectivity index (χ0v) is 16.6. The van der Waals surface area contributed by atoms with E-state index in [1.165, 1.54) is 0 Å². The monoisotopic (exact) mass is 368 g/mol. The number of methoxy groups -OCH3 is 1. The summed E-state index contributed by atoms with van der Waals surface area (Å²) in [7, 11) is 1.66. The number of carbonyl (C=O) groups is 1. The number of aromatic nitrogens is 2. The number of rotatable bonds is 5. The molecule has 2 heterocycles. The highest BCUT2D eigenvalue weighted by molar-refractivity contribution is 5.94. The first-order valence-electron chi connectivity index (χ1n) is 9.45. The minimum Gasteiger partial charge on any atom is -0.380 e. The largest absolute Gasteiger partial charge is 0.380 e. The van der Waals surface area contributed by atoms with Gasteiger partial charge in [0.05, 0.1) is 6.61 Å². The number of hydrogen-bond donors (Lipinski definition) is 0. The molecule has 0 spiro atoms. The Morgan fingerprint density at radius 3 is 2.56 bits per heavy atom. The fourth-order valence-corrected chi connectivity index (χ4v) is 3.28. The minimum atomic E-state index is 0.0781. The Morgan fingerprint density at radius 2 is 1.89 bits per heavy atom. The van der Waals surface area contributed by atoms with Gasteiger partial charge in [0.25, 0.3) is 5.91 Å². The third-order valence-corrected chi connectivity index (χ3v) is 4.75. The van der Waals surface area contributed by atoms with Crippen LogP contribution in [0.1, 0.15) is 47.2 Å². The van der Waals surface area contributed by atoms with Crippen LogP contribution in [0.4, 0.5) is 5.82 Å². The SMILES string of the molecule is COCc1cccc(C(=O)N2CCN(c3cc(C)nc(C(C)C)n3)CC2)c1. The van der Waals surface area contributed by atoms with Gasteiger partial charge in [-0.3, -0.25) is 4.79 Å². The van der Waals surface area contributed by atoms with Gasteiger partial charge in [-0.15, -0.1) is 0 Å². The van der Waals surface area contributed by atoms with Crippen molar-refractivity contribution in [2.75, 3.05) is 38.2 Å². The average Bonchev–Trinajstić information content (AvgIpc) is 2.67. The fraction of sp³-hybridized carbons (Fsp3) is 0.476. The number of ether oxygens (including phenoxy) is 1. The molecule has 1 aromatic carbocycles. The van der Waals surface area contributed by atoms with Crippen molar-refractivity contribution in [2.24, 2.45) is 0 Å². The van der Waals surface area contributed by atoms with Crippen LogP contribution in [0.15, 0.2) is 30.3 Å². The summed E-state index contributed by atoms with van der Waals surface area (Å²) < 4.78 is 5.16. The molecule has 6 heteroatoms. The van der Waals surface area contributed by atoms with Crippen molar-refractivity contribution in [3.05, 3.63) is 53.0 Å². The number of amides is 1. The van der Waals surface area contributed by atoms with E-state index >= 15 is 0 Å². The maximum Gasteiger partial charge on any atom is 0.253 e. The number of benzene rings is 1. The second-order valence-electron chi connectivity index (χ2n) is 7.29. The molecule has 0 bridgehead atoms. The molecule has 0 saturated carbocycles. The van der Waals surface area contributed by atoms with Gasteiger partial charge in [0.15, 0.2) is 0 Å². The number of anilines is 1. The number of carbonyl (C=O) groups excluding carboxylic acids is 1. The van der Waals surface area contributed by atoms with Crippen molar-refractivity contribution in [3.8, 4) is 0 Å². The van der Waals surface area contributed by atoms with Gasteiger partial charge in [-0.2, -0.15) is 0 Å². The van der Waals surface area contributed by atoms with Crippen molar-refractivity contribution in [2.45, 2.75) is 33.3 Å². The predicted octanol–water partition coefficient (Wildman–Crippen LogP) is 3.02. The highest BCUT2D eigenvalue weighted by Gasteiger charge is 2.23. The molecule has 1 aliphatic rings. The van der Waals surface area contributed by atoms with Gasteiger partial charge in [0, 0.05) is 56.5 Å². The zero-order chi connectivity index (χ0) is 19.4. The molecular formula is C21H28N4O2. The minimum absolute atomic E-state index is 0.0781. The lowest BCUT2D eigenvalue weighted by Crippen LogP contribution is -2.49. The van der Waals surface area contributed by atoms with E-state index < -0.39 is 0 Å². The van der Waals surface area contributed by atoms with E-state index in [0.29, 0.717) is 25.6 Å². The lowest BCUT2D eigenvalue weighted by Gasteiger charge is -2.35. The third kappa shape index (κ3) is 4.63. The molecule has 3 rings (SSSR count). The topological polar surface area (TPSA) is 58.6 Å². The van der Waals surface area contributed by atoms with Gasteiger partial charge >= 0.3 is 0 Å². The Hall–Kier alpha value is -2.47. The van der Waals surface area contributed by atoms with Gasteiger partial charge in [0.1, 0.15) is 11.6 Å². The number of hydrogen-bond acceptors (Lipinski definition) is 5. The maximum atomic E-state index is 12.8. The highest BCUT2D eigenvalue weighted by Crippen LogP contribution is 2.19. The molecule has 2 aromatic rings. The van der Waals surface area contributed by atoms with Crippen molar-refractivity contribution in [1.29, 1.82) is 0 Å². The summed E-state index contributed by atoms with van der Waals surface area (Å²) in [5, 5.41) is 0. The van der Waals surface area contributed by atoms with Crippen LogP contribution in [0.5, 0.6) is 0 Å². The second kappa shape index (κ2) is 8.48. The quantitative estimate of drug-likeness (QED) is 0.812. The van der Waals surface area contributed by atoms with Crippen molar-refractivity contribution >= 4 is 11.7 Å². The van der Waals surface area contributed by atoms with E-state index in [9.17, 15) is 4.79 Å². The van der Waals surface area contributed by atoms with Gasteiger partial charge in [0.2, 0.25) is 0 Å². The molecule has 6 nitrogen and oxygen atoms in total. The predicted molar refractivity (Wildman–Crippen MR) is 106 cm³/mol. The normalized spacial score (nSPS) is 14.7. The van der Waals surface area contributed by atoms with Crippen LogP contribution in [-0.4, -0.2) is 54.1 Å². The fourth-order valence-electron chi connectivity index (χ4n) is 3.28. The summed E-state index contributed by atoms with van der Waals surface area (Å²) in [6.45, 7) is 9.65. The lowest BCUT2D eigenvalue weighted by molar-refractivity contribution is 0.0746. The van der Waals surface area contributed by atoms with Crippen molar-refractivity contribution in [1.82, 2.24) is 14.9 Å². The van der Waals surface area contributed by atoms with Crippen LogP contribution >= 0.6 is 0 Å². The summed E-state index contributed by atoms with van der Waals surface area (Å²) in [6, 6.07) is 9.70. The Morgan fingerprint density at radius 1 is 1.15 bits per heavy atom. The summed E-state index contributed by atoms with van der Waals surface area (Å²) >= 11 is 0. The third-order valence-electron chi connectivity index (χ3n) is 4.75. The number of aryl methyl sites for hydroxylation is 1. The Balaban J connectivity index is 1.67. The summed E-state index contributed by atoms with van der Waals surface area (Å²) in [6.07, 6.45) is 0. The molecule has 0 atom stereocenters. The van der Waals surface area contributed by atoms with Gasteiger partial charge in [-0.05, 0) is 24.6 Å².